The Labute approximate surface area is 177 Å². The number of hydrogen-bond donors (Lipinski definition) is 1. The van der Waals surface area contributed by atoms with Crippen molar-refractivity contribution in [2.45, 2.75) is 32.4 Å². The van der Waals surface area contributed by atoms with Gasteiger partial charge in [-0.1, -0.05) is 12.1 Å². The van der Waals surface area contributed by atoms with Gasteiger partial charge in [-0.15, -0.1) is 0 Å². The van der Waals surface area contributed by atoms with Crippen molar-refractivity contribution in [3.8, 4) is 11.5 Å². The van der Waals surface area contributed by atoms with Gasteiger partial charge in [-0.2, -0.15) is 0 Å². The molecule has 31 heavy (non-hydrogen) atoms. The maximum absolute atomic E-state index is 13.4. The van der Waals surface area contributed by atoms with E-state index in [9.17, 15) is 18.4 Å². The molecule has 4 rings (SSSR count). The Bertz CT molecular complexity index is 1200. The fourth-order valence-corrected chi connectivity index (χ4v) is 3.85. The predicted octanol–water partition coefficient (Wildman–Crippen LogP) is 3.75. The number of piperidine rings is 1. The fourth-order valence-electron chi connectivity index (χ4n) is 3.85. The van der Waals surface area contributed by atoms with Crippen molar-refractivity contribution in [2.24, 2.45) is 0 Å². The summed E-state index contributed by atoms with van der Waals surface area (Å²) in [4.78, 5) is 28.4. The molecule has 1 fully saturated rings. The maximum atomic E-state index is 13.4. The predicted molar refractivity (Wildman–Crippen MR) is 112 cm³/mol. The summed E-state index contributed by atoms with van der Waals surface area (Å²) in [7, 11) is 0. The summed E-state index contributed by atoms with van der Waals surface area (Å²) < 4.78 is 33.8. The highest BCUT2D eigenvalue weighted by Crippen LogP contribution is 2.26. The molecule has 1 saturated heterocycles. The Morgan fingerprint density at radius 2 is 1.77 bits per heavy atom. The van der Waals surface area contributed by atoms with Crippen LogP contribution in [-0.2, 0) is 6.54 Å². The Kier molecular flexibility index (Phi) is 5.99. The topological polar surface area (TPSA) is 67.3 Å². The third kappa shape index (κ3) is 4.91. The van der Waals surface area contributed by atoms with E-state index in [1.807, 2.05) is 18.2 Å². The largest absolute Gasteiger partial charge is 0.457 e. The van der Waals surface area contributed by atoms with Crippen molar-refractivity contribution in [1.82, 2.24) is 14.5 Å². The Hall–Kier alpha value is -3.26. The first kappa shape index (κ1) is 21.0. The lowest BCUT2D eigenvalue weighted by Gasteiger charge is -2.32. The van der Waals surface area contributed by atoms with Crippen molar-refractivity contribution in [1.29, 1.82) is 0 Å². The molecule has 1 aliphatic rings. The van der Waals surface area contributed by atoms with E-state index in [1.165, 1.54) is 6.07 Å². The van der Waals surface area contributed by atoms with Crippen LogP contribution in [0.3, 0.4) is 0 Å². The molecule has 0 amide bonds. The van der Waals surface area contributed by atoms with Gasteiger partial charge in [-0.05, 0) is 49.6 Å². The number of benzene rings is 2. The monoisotopic (exact) mass is 427 g/mol. The standard InChI is InChI=1S/C23H23F2N3O3/c1-15-13-28(23(30)26-22(15)29)17-7-9-27(10-8-17)14-16-3-2-4-18(11-16)31-19-5-6-20(24)21(25)12-19/h2-6,11-13,17H,7-10,14H2,1H3,(H,26,29,30). The van der Waals surface area contributed by atoms with Crippen LogP contribution in [0, 0.1) is 18.6 Å². The number of nitrogens with one attached hydrogen (secondary N) is 1. The summed E-state index contributed by atoms with van der Waals surface area (Å²) in [5.41, 5.74) is 0.857. The van der Waals surface area contributed by atoms with Crippen LogP contribution in [0.2, 0.25) is 0 Å². The summed E-state index contributed by atoms with van der Waals surface area (Å²) in [6.07, 6.45) is 3.24. The second-order valence-electron chi connectivity index (χ2n) is 7.81. The lowest BCUT2D eigenvalue weighted by molar-refractivity contribution is 0.176. The summed E-state index contributed by atoms with van der Waals surface area (Å²) in [6.45, 7) is 4.02. The van der Waals surface area contributed by atoms with Crippen molar-refractivity contribution in [3.05, 3.63) is 92.3 Å². The fraction of sp³-hybridized carbons (Fsp3) is 0.304. The second kappa shape index (κ2) is 8.85. The zero-order valence-electron chi connectivity index (χ0n) is 17.1. The lowest BCUT2D eigenvalue weighted by Crippen LogP contribution is -2.39. The van der Waals surface area contributed by atoms with Gasteiger partial charge in [0, 0.05) is 43.5 Å². The lowest BCUT2D eigenvalue weighted by atomic mass is 10.0. The third-order valence-corrected chi connectivity index (χ3v) is 5.53. The molecule has 1 aromatic heterocycles. The minimum atomic E-state index is -0.951. The summed E-state index contributed by atoms with van der Waals surface area (Å²) in [5.74, 6) is -1.08. The van der Waals surface area contributed by atoms with E-state index in [4.69, 9.17) is 4.74 Å². The SMILES string of the molecule is Cc1cn(C2CCN(Cc3cccc(Oc4ccc(F)c(F)c4)c3)CC2)c(=O)[nH]c1=O. The smallest absolute Gasteiger partial charge is 0.328 e. The Balaban J connectivity index is 1.38. The molecule has 2 heterocycles. The molecule has 2 aromatic carbocycles. The third-order valence-electron chi connectivity index (χ3n) is 5.53. The minimum Gasteiger partial charge on any atom is -0.457 e. The minimum absolute atomic E-state index is 0.0577. The number of hydrogen-bond acceptors (Lipinski definition) is 4. The van der Waals surface area contributed by atoms with Gasteiger partial charge in [-0.25, -0.2) is 13.6 Å². The van der Waals surface area contributed by atoms with Crippen molar-refractivity contribution in [2.75, 3.05) is 13.1 Å². The van der Waals surface area contributed by atoms with Crippen LogP contribution in [0.25, 0.3) is 0 Å². The van der Waals surface area contributed by atoms with Crippen LogP contribution in [0.15, 0.2) is 58.3 Å². The molecule has 0 bridgehead atoms. The number of halogens is 2. The van der Waals surface area contributed by atoms with E-state index < -0.39 is 11.6 Å². The summed E-state index contributed by atoms with van der Waals surface area (Å²) in [5, 5.41) is 0. The molecule has 1 aliphatic heterocycles. The van der Waals surface area contributed by atoms with Crippen LogP contribution in [-0.4, -0.2) is 27.5 Å². The number of aryl methyl sites for hydroxylation is 1. The maximum Gasteiger partial charge on any atom is 0.328 e. The van der Waals surface area contributed by atoms with Gasteiger partial charge in [0.25, 0.3) is 5.56 Å². The number of nitrogens with zero attached hydrogens (tertiary/aromatic N) is 2. The van der Waals surface area contributed by atoms with Gasteiger partial charge >= 0.3 is 5.69 Å². The zero-order chi connectivity index (χ0) is 22.0. The van der Waals surface area contributed by atoms with E-state index in [0.717, 1.165) is 43.6 Å². The highest BCUT2D eigenvalue weighted by Gasteiger charge is 2.22. The quantitative estimate of drug-likeness (QED) is 0.674. The average molecular weight is 427 g/mol. The summed E-state index contributed by atoms with van der Waals surface area (Å²) in [6, 6.07) is 11.0. The molecule has 6 nitrogen and oxygen atoms in total. The molecule has 0 radical (unpaired) electrons. The molecule has 0 spiro atoms. The van der Waals surface area contributed by atoms with E-state index in [1.54, 1.807) is 23.8 Å². The number of rotatable bonds is 5. The van der Waals surface area contributed by atoms with Crippen LogP contribution >= 0.6 is 0 Å². The number of aromatic amines is 1. The van der Waals surface area contributed by atoms with Crippen LogP contribution in [0.5, 0.6) is 11.5 Å². The van der Waals surface area contributed by atoms with E-state index in [-0.39, 0.29) is 23.0 Å². The normalized spacial score (nSPS) is 15.2. The first-order valence-corrected chi connectivity index (χ1v) is 10.2. The van der Waals surface area contributed by atoms with E-state index >= 15 is 0 Å². The van der Waals surface area contributed by atoms with Crippen molar-refractivity contribution in [3.63, 3.8) is 0 Å². The number of likely N-dealkylation sites (tertiary alicyclic amines) is 1. The van der Waals surface area contributed by atoms with Gasteiger partial charge < -0.3 is 4.74 Å². The highest BCUT2D eigenvalue weighted by molar-refractivity contribution is 5.34. The van der Waals surface area contributed by atoms with Gasteiger partial charge in [0.05, 0.1) is 0 Å². The molecule has 8 heteroatoms. The van der Waals surface area contributed by atoms with E-state index in [2.05, 4.69) is 9.88 Å². The molecular weight excluding hydrogens is 404 g/mol. The molecule has 3 aromatic rings. The molecular formula is C23H23F2N3O3. The molecule has 0 aliphatic carbocycles. The molecule has 0 saturated carbocycles. The van der Waals surface area contributed by atoms with Crippen LogP contribution in [0.4, 0.5) is 8.78 Å². The highest BCUT2D eigenvalue weighted by atomic mass is 19.2. The van der Waals surface area contributed by atoms with Gasteiger partial charge in [0.2, 0.25) is 0 Å². The van der Waals surface area contributed by atoms with Gasteiger partial charge in [0.15, 0.2) is 11.6 Å². The zero-order valence-corrected chi connectivity index (χ0v) is 17.1. The van der Waals surface area contributed by atoms with Crippen LogP contribution in [0.1, 0.15) is 30.0 Å². The van der Waals surface area contributed by atoms with Crippen molar-refractivity contribution >= 4 is 0 Å². The summed E-state index contributed by atoms with van der Waals surface area (Å²) >= 11 is 0. The molecule has 0 atom stereocenters. The molecule has 0 unspecified atom stereocenters. The first-order chi connectivity index (χ1) is 14.9. The second-order valence-corrected chi connectivity index (χ2v) is 7.81. The Morgan fingerprint density at radius 1 is 1.03 bits per heavy atom. The molecule has 162 valence electrons. The van der Waals surface area contributed by atoms with Gasteiger partial charge in [-0.3, -0.25) is 19.2 Å². The average Bonchev–Trinajstić information content (AvgIpc) is 2.74. The number of ether oxygens (including phenoxy) is 1. The van der Waals surface area contributed by atoms with Crippen LogP contribution < -0.4 is 16.0 Å². The van der Waals surface area contributed by atoms with E-state index in [0.29, 0.717) is 17.9 Å². The Morgan fingerprint density at radius 3 is 2.52 bits per heavy atom. The number of aromatic nitrogens is 2. The molecule has 1 N–H and O–H groups in total. The van der Waals surface area contributed by atoms with Gasteiger partial charge in [0.1, 0.15) is 11.5 Å². The number of H-pyrrole nitrogens is 1. The van der Waals surface area contributed by atoms with Crippen molar-refractivity contribution < 1.29 is 13.5 Å². The first-order valence-electron chi connectivity index (χ1n) is 10.2.